The quantitative estimate of drug-likeness (QED) is 0.625. The van der Waals surface area contributed by atoms with Crippen molar-refractivity contribution in [3.63, 3.8) is 0 Å². The lowest BCUT2D eigenvalue weighted by atomic mass is 9.85. The van der Waals surface area contributed by atoms with Crippen molar-refractivity contribution in [2.24, 2.45) is 0 Å². The van der Waals surface area contributed by atoms with E-state index in [0.29, 0.717) is 32.6 Å². The second-order valence-electron chi connectivity index (χ2n) is 9.39. The number of nitrogens with zero attached hydrogens (tertiary/aromatic N) is 3. The predicted octanol–water partition coefficient (Wildman–Crippen LogP) is 3.28. The Morgan fingerprint density at radius 1 is 1.03 bits per heavy atom. The van der Waals surface area contributed by atoms with Crippen LogP contribution in [0.15, 0.2) is 66.7 Å². The minimum Gasteiger partial charge on any atom is -0.352 e. The van der Waals surface area contributed by atoms with Crippen LogP contribution in [0.25, 0.3) is 6.08 Å². The molecule has 2 aliphatic rings. The van der Waals surface area contributed by atoms with Crippen molar-refractivity contribution < 1.29 is 14.4 Å². The smallest absolute Gasteiger partial charge is 0.250 e. The molecule has 0 aromatic heterocycles. The summed E-state index contributed by atoms with van der Waals surface area (Å²) in [6, 6.07) is 19.7. The molecule has 2 heterocycles. The Morgan fingerprint density at radius 3 is 2.29 bits per heavy atom. The number of rotatable bonds is 7. The summed E-state index contributed by atoms with van der Waals surface area (Å²) in [6.45, 7) is 5.35. The van der Waals surface area contributed by atoms with Crippen molar-refractivity contribution in [3.8, 4) is 0 Å². The zero-order valence-electron chi connectivity index (χ0n) is 20.5. The van der Waals surface area contributed by atoms with Crippen LogP contribution in [-0.4, -0.2) is 65.4 Å². The first kappa shape index (κ1) is 24.5. The lowest BCUT2D eigenvalue weighted by Crippen LogP contribution is -2.57. The highest BCUT2D eigenvalue weighted by Gasteiger charge is 2.54. The molecule has 2 fully saturated rings. The van der Waals surface area contributed by atoms with E-state index in [1.165, 1.54) is 0 Å². The van der Waals surface area contributed by atoms with Crippen LogP contribution in [-0.2, 0) is 14.4 Å². The third-order valence-corrected chi connectivity index (χ3v) is 7.06. The number of benzene rings is 2. The Hall–Kier alpha value is -3.61. The summed E-state index contributed by atoms with van der Waals surface area (Å²) >= 11 is 0. The predicted molar refractivity (Wildman–Crippen MR) is 137 cm³/mol. The van der Waals surface area contributed by atoms with Gasteiger partial charge in [-0.05, 0) is 50.0 Å². The Kier molecular flexibility index (Phi) is 7.54. The minimum absolute atomic E-state index is 0.0346. The molecule has 7 heteroatoms. The molecule has 2 saturated heterocycles. The van der Waals surface area contributed by atoms with Gasteiger partial charge >= 0.3 is 0 Å². The molecule has 2 aromatic rings. The number of likely N-dealkylation sites (tertiary alicyclic amines) is 1. The Labute approximate surface area is 207 Å². The molecule has 2 aliphatic heterocycles. The van der Waals surface area contributed by atoms with Gasteiger partial charge in [-0.25, -0.2) is 0 Å². The van der Waals surface area contributed by atoms with Crippen LogP contribution < -0.4 is 10.2 Å². The van der Waals surface area contributed by atoms with Crippen LogP contribution in [0.1, 0.15) is 38.7 Å². The Morgan fingerprint density at radius 2 is 1.66 bits per heavy atom. The van der Waals surface area contributed by atoms with E-state index >= 15 is 0 Å². The summed E-state index contributed by atoms with van der Waals surface area (Å²) in [7, 11) is 0. The van der Waals surface area contributed by atoms with Gasteiger partial charge in [-0.3, -0.25) is 14.4 Å². The van der Waals surface area contributed by atoms with Crippen molar-refractivity contribution >= 4 is 29.5 Å². The summed E-state index contributed by atoms with van der Waals surface area (Å²) in [5, 5.41) is 2.96. The zero-order valence-corrected chi connectivity index (χ0v) is 20.5. The molecule has 3 amide bonds. The largest absolute Gasteiger partial charge is 0.352 e. The highest BCUT2D eigenvalue weighted by molar-refractivity contribution is 5.97. The zero-order chi connectivity index (χ0) is 24.8. The molecule has 184 valence electrons. The first-order chi connectivity index (χ1) is 16.9. The Balaban J connectivity index is 1.48. The van der Waals surface area contributed by atoms with E-state index in [4.69, 9.17) is 0 Å². The SMILES string of the molecule is CCC(C)NC(=O)CN1CN(c2ccccc2)C2(CCN(C(=O)/C=C/c3ccccc3)CC2)C1=O. The number of nitrogens with one attached hydrogen (secondary N) is 1. The van der Waals surface area contributed by atoms with Gasteiger partial charge in [0.1, 0.15) is 12.1 Å². The molecule has 1 unspecified atom stereocenters. The first-order valence-electron chi connectivity index (χ1n) is 12.4. The summed E-state index contributed by atoms with van der Waals surface area (Å²) in [5.74, 6) is -0.228. The molecule has 7 nitrogen and oxygen atoms in total. The Bertz CT molecular complexity index is 1060. The van der Waals surface area contributed by atoms with Gasteiger partial charge in [-0.15, -0.1) is 0 Å². The van der Waals surface area contributed by atoms with Crippen LogP contribution in [0.4, 0.5) is 5.69 Å². The van der Waals surface area contributed by atoms with Gasteiger partial charge in [0.2, 0.25) is 11.8 Å². The van der Waals surface area contributed by atoms with Gasteiger partial charge in [-0.1, -0.05) is 55.5 Å². The molecule has 0 aliphatic carbocycles. The number of anilines is 1. The maximum atomic E-state index is 13.7. The van der Waals surface area contributed by atoms with E-state index in [0.717, 1.165) is 17.7 Å². The van der Waals surface area contributed by atoms with Crippen LogP contribution in [0.2, 0.25) is 0 Å². The van der Waals surface area contributed by atoms with Crippen molar-refractivity contribution in [1.29, 1.82) is 0 Å². The molecule has 1 spiro atoms. The van der Waals surface area contributed by atoms with E-state index in [1.54, 1.807) is 15.9 Å². The summed E-state index contributed by atoms with van der Waals surface area (Å²) in [4.78, 5) is 44.7. The fourth-order valence-electron chi connectivity index (χ4n) is 4.85. The maximum Gasteiger partial charge on any atom is 0.250 e. The molecule has 2 aromatic carbocycles. The van der Waals surface area contributed by atoms with Gasteiger partial charge < -0.3 is 20.0 Å². The number of hydrogen-bond donors (Lipinski definition) is 1. The summed E-state index contributed by atoms with van der Waals surface area (Å²) in [5.41, 5.74) is 1.18. The number of para-hydroxylation sites is 1. The second kappa shape index (κ2) is 10.8. The van der Waals surface area contributed by atoms with Crippen molar-refractivity contribution in [2.75, 3.05) is 31.2 Å². The fourth-order valence-corrected chi connectivity index (χ4v) is 4.85. The molecule has 0 radical (unpaired) electrons. The standard InChI is InChI=1S/C28H34N4O3/c1-3-22(2)29-25(33)20-31-21-32(24-12-8-5-9-13-24)28(27(31)35)16-18-30(19-17-28)26(34)15-14-23-10-6-4-7-11-23/h4-15,22H,3,16-21H2,1-2H3,(H,29,33)/b15-14+. The normalized spacial score (nSPS) is 18.3. The second-order valence-corrected chi connectivity index (χ2v) is 9.39. The van der Waals surface area contributed by atoms with Crippen molar-refractivity contribution in [1.82, 2.24) is 15.1 Å². The summed E-state index contributed by atoms with van der Waals surface area (Å²) < 4.78 is 0. The van der Waals surface area contributed by atoms with Crippen LogP contribution in [0.3, 0.4) is 0 Å². The molecule has 0 saturated carbocycles. The first-order valence-corrected chi connectivity index (χ1v) is 12.4. The molecule has 1 atom stereocenters. The van der Waals surface area contributed by atoms with Crippen LogP contribution >= 0.6 is 0 Å². The van der Waals surface area contributed by atoms with Gasteiger partial charge in [0.05, 0.1) is 6.67 Å². The third-order valence-electron chi connectivity index (χ3n) is 7.06. The van der Waals surface area contributed by atoms with E-state index in [2.05, 4.69) is 10.2 Å². The summed E-state index contributed by atoms with van der Waals surface area (Å²) in [6.07, 6.45) is 5.30. The molecular formula is C28H34N4O3. The van der Waals surface area contributed by atoms with Crippen LogP contribution in [0.5, 0.6) is 0 Å². The molecular weight excluding hydrogens is 440 g/mol. The molecule has 1 N–H and O–H groups in total. The van der Waals surface area contributed by atoms with Crippen molar-refractivity contribution in [3.05, 3.63) is 72.3 Å². The van der Waals surface area contributed by atoms with Gasteiger partial charge in [0.25, 0.3) is 5.91 Å². The lowest BCUT2D eigenvalue weighted by molar-refractivity contribution is -0.138. The van der Waals surface area contributed by atoms with Gasteiger partial charge in [0, 0.05) is 30.9 Å². The lowest BCUT2D eigenvalue weighted by Gasteiger charge is -2.43. The fraction of sp³-hybridized carbons (Fsp3) is 0.393. The number of carbonyl (C=O) groups excluding carboxylic acids is 3. The molecule has 35 heavy (non-hydrogen) atoms. The van der Waals surface area contributed by atoms with E-state index in [9.17, 15) is 14.4 Å². The van der Waals surface area contributed by atoms with Crippen LogP contribution in [0, 0.1) is 0 Å². The molecule has 4 rings (SSSR count). The highest BCUT2D eigenvalue weighted by Crippen LogP contribution is 2.39. The highest BCUT2D eigenvalue weighted by atomic mass is 16.2. The van der Waals surface area contributed by atoms with Gasteiger partial charge in [0.15, 0.2) is 0 Å². The van der Waals surface area contributed by atoms with E-state index in [-0.39, 0.29) is 30.3 Å². The number of carbonyl (C=O) groups is 3. The molecule has 0 bridgehead atoms. The monoisotopic (exact) mass is 474 g/mol. The van der Waals surface area contributed by atoms with E-state index < -0.39 is 5.54 Å². The van der Waals surface area contributed by atoms with Crippen molar-refractivity contribution in [2.45, 2.75) is 44.7 Å². The maximum absolute atomic E-state index is 13.7. The number of amides is 3. The third kappa shape index (κ3) is 5.39. The van der Waals surface area contributed by atoms with Gasteiger partial charge in [-0.2, -0.15) is 0 Å². The van der Waals surface area contributed by atoms with E-state index in [1.807, 2.05) is 80.6 Å². The average molecular weight is 475 g/mol. The topological polar surface area (TPSA) is 73.0 Å². The minimum atomic E-state index is -0.752. The number of piperidine rings is 1. The number of hydrogen-bond acceptors (Lipinski definition) is 4. The average Bonchev–Trinajstić information content (AvgIpc) is 3.14.